The van der Waals surface area contributed by atoms with Crippen LogP contribution in [0.1, 0.15) is 44.9 Å². The SMILES string of the molecule is O=C(O)N(CN1CCCCC1)C1CCCC(Nc2ncc(Cl)c(-c3c[nH]c4ccccc34)n2)C1. The van der Waals surface area contributed by atoms with E-state index < -0.39 is 6.09 Å². The molecule has 2 aromatic heterocycles. The Labute approximate surface area is 204 Å². The van der Waals surface area contributed by atoms with Gasteiger partial charge in [0.25, 0.3) is 0 Å². The van der Waals surface area contributed by atoms with Gasteiger partial charge in [0, 0.05) is 34.7 Å². The number of H-pyrrole nitrogens is 1. The van der Waals surface area contributed by atoms with Crippen LogP contribution in [0.4, 0.5) is 10.7 Å². The van der Waals surface area contributed by atoms with Crippen LogP contribution in [-0.2, 0) is 0 Å². The highest BCUT2D eigenvalue weighted by atomic mass is 35.5. The zero-order valence-corrected chi connectivity index (χ0v) is 20.0. The summed E-state index contributed by atoms with van der Waals surface area (Å²) in [5, 5.41) is 14.9. The van der Waals surface area contributed by atoms with E-state index in [0.29, 0.717) is 23.3 Å². The van der Waals surface area contributed by atoms with Crippen molar-refractivity contribution in [3.05, 3.63) is 41.7 Å². The lowest BCUT2D eigenvalue weighted by Gasteiger charge is -2.39. The normalized spacial score (nSPS) is 21.4. The number of benzene rings is 1. The fourth-order valence-corrected chi connectivity index (χ4v) is 5.50. The summed E-state index contributed by atoms with van der Waals surface area (Å²) in [5.41, 5.74) is 2.65. The van der Waals surface area contributed by atoms with Crippen LogP contribution in [0.2, 0.25) is 5.02 Å². The lowest BCUT2D eigenvalue weighted by molar-refractivity contribution is 0.0582. The molecule has 2 unspecified atom stereocenters. The van der Waals surface area contributed by atoms with Gasteiger partial charge in [-0.1, -0.05) is 36.2 Å². The molecule has 34 heavy (non-hydrogen) atoms. The molecule has 5 rings (SSSR count). The highest BCUT2D eigenvalue weighted by Crippen LogP contribution is 2.33. The molecule has 0 spiro atoms. The molecule has 1 amide bonds. The number of piperidine rings is 1. The first-order valence-corrected chi connectivity index (χ1v) is 12.5. The van der Waals surface area contributed by atoms with Gasteiger partial charge in [-0.2, -0.15) is 0 Å². The van der Waals surface area contributed by atoms with Crippen LogP contribution >= 0.6 is 11.6 Å². The zero-order chi connectivity index (χ0) is 23.5. The highest BCUT2D eigenvalue weighted by molar-refractivity contribution is 6.33. The van der Waals surface area contributed by atoms with Gasteiger partial charge in [-0.15, -0.1) is 0 Å². The van der Waals surface area contributed by atoms with E-state index >= 15 is 0 Å². The lowest BCUT2D eigenvalue weighted by atomic mass is 9.90. The molecule has 1 aromatic carbocycles. The minimum Gasteiger partial charge on any atom is -0.465 e. The Balaban J connectivity index is 1.30. The van der Waals surface area contributed by atoms with Gasteiger partial charge in [0.1, 0.15) is 0 Å². The maximum atomic E-state index is 12.1. The van der Waals surface area contributed by atoms with Crippen LogP contribution in [-0.4, -0.2) is 67.8 Å². The van der Waals surface area contributed by atoms with Crippen molar-refractivity contribution in [2.75, 3.05) is 25.1 Å². The van der Waals surface area contributed by atoms with Gasteiger partial charge in [0.05, 0.1) is 23.6 Å². The van der Waals surface area contributed by atoms with Gasteiger partial charge in [0.15, 0.2) is 0 Å². The molecule has 0 bridgehead atoms. The number of carboxylic acid groups (broad SMARTS) is 1. The Morgan fingerprint density at radius 1 is 1.21 bits per heavy atom. The molecule has 3 aromatic rings. The minimum absolute atomic E-state index is 0.00827. The van der Waals surface area contributed by atoms with E-state index in [-0.39, 0.29) is 12.1 Å². The molecule has 1 saturated carbocycles. The van der Waals surface area contributed by atoms with Gasteiger partial charge >= 0.3 is 6.09 Å². The molecule has 1 aliphatic carbocycles. The Hall–Kier alpha value is -2.84. The van der Waals surface area contributed by atoms with Crippen molar-refractivity contribution in [1.82, 2.24) is 24.8 Å². The number of hydrogen-bond donors (Lipinski definition) is 3. The molecule has 180 valence electrons. The van der Waals surface area contributed by atoms with E-state index in [4.69, 9.17) is 16.6 Å². The van der Waals surface area contributed by atoms with Gasteiger partial charge in [-0.05, 0) is 57.7 Å². The number of amides is 1. The number of para-hydroxylation sites is 1. The largest absolute Gasteiger partial charge is 0.465 e. The van der Waals surface area contributed by atoms with E-state index in [0.717, 1.165) is 68.1 Å². The van der Waals surface area contributed by atoms with Crippen molar-refractivity contribution in [2.24, 2.45) is 0 Å². The number of likely N-dealkylation sites (tertiary alicyclic amines) is 1. The van der Waals surface area contributed by atoms with Crippen molar-refractivity contribution in [1.29, 1.82) is 0 Å². The van der Waals surface area contributed by atoms with Crippen LogP contribution in [0.5, 0.6) is 0 Å². The standard InChI is InChI=1S/C25H31ClN6O2/c26-21-15-28-24(30-23(21)20-14-27-22-10-3-2-9-19(20)22)29-17-7-6-8-18(13-17)32(25(33)34)16-31-11-4-1-5-12-31/h2-3,9-10,14-15,17-18,27H,1,4-8,11-13,16H2,(H,33,34)(H,28,29,30). The molecule has 1 saturated heterocycles. The monoisotopic (exact) mass is 482 g/mol. The van der Waals surface area contributed by atoms with Gasteiger partial charge in [-0.25, -0.2) is 14.8 Å². The van der Waals surface area contributed by atoms with Gasteiger partial charge in [0.2, 0.25) is 5.95 Å². The summed E-state index contributed by atoms with van der Waals surface area (Å²) in [6.45, 7) is 2.45. The van der Waals surface area contributed by atoms with Crippen LogP contribution < -0.4 is 5.32 Å². The average molecular weight is 483 g/mol. The third-order valence-corrected chi connectivity index (χ3v) is 7.33. The number of carbonyl (C=O) groups is 1. The number of rotatable bonds is 6. The van der Waals surface area contributed by atoms with E-state index in [1.54, 1.807) is 11.1 Å². The van der Waals surface area contributed by atoms with E-state index in [2.05, 4.69) is 20.2 Å². The van der Waals surface area contributed by atoms with Crippen molar-refractivity contribution in [2.45, 2.75) is 57.0 Å². The predicted molar refractivity (Wildman–Crippen MR) is 134 cm³/mol. The van der Waals surface area contributed by atoms with Crippen LogP contribution in [0.25, 0.3) is 22.2 Å². The first-order valence-electron chi connectivity index (χ1n) is 12.2. The van der Waals surface area contributed by atoms with Crippen molar-refractivity contribution in [3.8, 4) is 11.3 Å². The summed E-state index contributed by atoms with van der Waals surface area (Å²) in [6.07, 6.45) is 9.82. The molecule has 3 heterocycles. The number of aromatic amines is 1. The molecular formula is C25H31ClN6O2. The summed E-state index contributed by atoms with van der Waals surface area (Å²) < 4.78 is 0. The fourth-order valence-electron chi connectivity index (χ4n) is 5.30. The Morgan fingerprint density at radius 3 is 2.85 bits per heavy atom. The van der Waals surface area contributed by atoms with Gasteiger partial charge < -0.3 is 15.4 Å². The molecule has 2 fully saturated rings. The molecule has 2 atom stereocenters. The van der Waals surface area contributed by atoms with Gasteiger partial charge in [-0.3, -0.25) is 9.80 Å². The van der Waals surface area contributed by atoms with E-state index in [1.165, 1.54) is 6.42 Å². The second-order valence-corrected chi connectivity index (χ2v) is 9.78. The first-order chi connectivity index (χ1) is 16.6. The number of nitrogens with zero attached hydrogens (tertiary/aromatic N) is 4. The van der Waals surface area contributed by atoms with Crippen molar-refractivity contribution >= 4 is 34.5 Å². The molecular weight excluding hydrogens is 452 g/mol. The summed E-state index contributed by atoms with van der Waals surface area (Å²) in [4.78, 5) is 28.4. The summed E-state index contributed by atoms with van der Waals surface area (Å²) in [7, 11) is 0. The minimum atomic E-state index is -0.833. The Bertz CT molecular complexity index is 1150. The third kappa shape index (κ3) is 4.98. The average Bonchev–Trinajstić information content (AvgIpc) is 3.28. The molecule has 1 aliphatic heterocycles. The summed E-state index contributed by atoms with van der Waals surface area (Å²) in [6, 6.07) is 8.15. The number of nitrogens with one attached hydrogen (secondary N) is 2. The maximum Gasteiger partial charge on any atom is 0.408 e. The second kappa shape index (κ2) is 10.2. The molecule has 2 aliphatic rings. The molecule has 0 radical (unpaired) electrons. The molecule has 8 nitrogen and oxygen atoms in total. The van der Waals surface area contributed by atoms with E-state index in [1.807, 2.05) is 30.5 Å². The Kier molecular flexibility index (Phi) is 6.87. The second-order valence-electron chi connectivity index (χ2n) is 9.37. The summed E-state index contributed by atoms with van der Waals surface area (Å²) in [5.74, 6) is 0.522. The van der Waals surface area contributed by atoms with Crippen LogP contribution in [0.3, 0.4) is 0 Å². The van der Waals surface area contributed by atoms with Crippen molar-refractivity contribution in [3.63, 3.8) is 0 Å². The third-order valence-electron chi connectivity index (χ3n) is 7.06. The topological polar surface area (TPSA) is 97.4 Å². The fraction of sp³-hybridized carbons (Fsp3) is 0.480. The lowest BCUT2D eigenvalue weighted by Crippen LogP contribution is -2.50. The van der Waals surface area contributed by atoms with Crippen molar-refractivity contribution < 1.29 is 9.90 Å². The highest BCUT2D eigenvalue weighted by Gasteiger charge is 2.31. The first kappa shape index (κ1) is 22.9. The van der Waals surface area contributed by atoms with Crippen LogP contribution in [0.15, 0.2) is 36.7 Å². The zero-order valence-electron chi connectivity index (χ0n) is 19.2. The quantitative estimate of drug-likeness (QED) is 0.433. The number of hydrogen-bond acceptors (Lipinski definition) is 5. The number of aromatic nitrogens is 3. The number of fused-ring (bicyclic) bond motifs is 1. The maximum absolute atomic E-state index is 12.1. The smallest absolute Gasteiger partial charge is 0.408 e. The number of halogens is 1. The summed E-state index contributed by atoms with van der Waals surface area (Å²) >= 11 is 6.48. The number of anilines is 1. The van der Waals surface area contributed by atoms with E-state index in [9.17, 15) is 9.90 Å². The molecule has 3 N–H and O–H groups in total. The molecule has 9 heteroatoms. The van der Waals surface area contributed by atoms with Crippen LogP contribution in [0, 0.1) is 0 Å². The Morgan fingerprint density at radius 2 is 2.03 bits per heavy atom. The predicted octanol–water partition coefficient (Wildman–Crippen LogP) is 5.42.